The highest BCUT2D eigenvalue weighted by molar-refractivity contribution is 5.77. The number of carbonyl (C=O) groups is 1. The van der Waals surface area contributed by atoms with Crippen molar-refractivity contribution in [1.29, 1.82) is 0 Å². The molecule has 0 unspecified atom stereocenters. The first-order valence-corrected chi connectivity index (χ1v) is 10.8. The molecule has 1 aromatic rings. The minimum absolute atomic E-state index is 0.0640. The van der Waals surface area contributed by atoms with Gasteiger partial charge in [0, 0.05) is 37.0 Å². The van der Waals surface area contributed by atoms with E-state index in [-0.39, 0.29) is 29.8 Å². The van der Waals surface area contributed by atoms with Crippen molar-refractivity contribution >= 4 is 6.03 Å². The first kappa shape index (κ1) is 20.1. The van der Waals surface area contributed by atoms with E-state index in [4.69, 9.17) is 0 Å². The number of nitrogens with zero attached hydrogens (tertiary/aromatic N) is 2. The lowest BCUT2D eigenvalue weighted by Crippen LogP contribution is -2.62. The largest absolute Gasteiger partial charge is 0.417 e. The molecular weight excluding hydrogens is 400 g/mol. The second-order valence-electron chi connectivity index (χ2n) is 9.52. The fraction of sp³-hybridized carbons (Fsp3) is 0.682. The van der Waals surface area contributed by atoms with E-state index in [0.29, 0.717) is 12.8 Å². The zero-order valence-electron chi connectivity index (χ0n) is 16.6. The van der Waals surface area contributed by atoms with Gasteiger partial charge in [0.1, 0.15) is 5.82 Å². The van der Waals surface area contributed by atoms with Gasteiger partial charge in [-0.3, -0.25) is 0 Å². The summed E-state index contributed by atoms with van der Waals surface area (Å²) in [5.74, 6) is -0.00530. The summed E-state index contributed by atoms with van der Waals surface area (Å²) in [4.78, 5) is 17.0. The lowest BCUT2D eigenvalue weighted by atomic mass is 9.84. The highest BCUT2D eigenvalue weighted by atomic mass is 19.4. The fourth-order valence-electron chi connectivity index (χ4n) is 6.40. The van der Waals surface area contributed by atoms with Crippen LogP contribution in [0, 0.1) is 5.82 Å². The molecule has 0 spiro atoms. The second-order valence-corrected chi connectivity index (χ2v) is 9.52. The number of aliphatic hydroxyl groups is 1. The molecule has 4 saturated heterocycles. The van der Waals surface area contributed by atoms with E-state index in [1.807, 2.05) is 4.90 Å². The number of benzene rings is 1. The third-order valence-electron chi connectivity index (χ3n) is 7.81. The maximum Gasteiger partial charge on any atom is 0.417 e. The maximum atomic E-state index is 13.5. The molecule has 0 saturated carbocycles. The molecule has 4 aliphatic rings. The van der Waals surface area contributed by atoms with Gasteiger partial charge in [0.05, 0.1) is 0 Å². The van der Waals surface area contributed by atoms with Crippen LogP contribution in [0.4, 0.5) is 22.4 Å². The minimum Gasteiger partial charge on any atom is -0.380 e. The van der Waals surface area contributed by atoms with Crippen LogP contribution in [0.5, 0.6) is 0 Å². The van der Waals surface area contributed by atoms with Gasteiger partial charge in [0.2, 0.25) is 0 Å². The van der Waals surface area contributed by atoms with E-state index in [9.17, 15) is 27.5 Å². The normalized spacial score (nSPS) is 38.2. The Morgan fingerprint density at radius 2 is 1.37 bits per heavy atom. The highest BCUT2D eigenvalue weighted by Gasteiger charge is 2.62. The van der Waals surface area contributed by atoms with Crippen molar-refractivity contribution in [3.8, 4) is 0 Å². The van der Waals surface area contributed by atoms with E-state index in [2.05, 4.69) is 0 Å². The molecule has 1 aromatic carbocycles. The van der Waals surface area contributed by atoms with Gasteiger partial charge in [0.15, 0.2) is 5.60 Å². The molecule has 4 atom stereocenters. The number of carbonyl (C=O) groups excluding carboxylic acids is 1. The first-order chi connectivity index (χ1) is 14.2. The molecule has 164 valence electrons. The highest BCUT2D eigenvalue weighted by Crippen LogP contribution is 2.50. The van der Waals surface area contributed by atoms with Gasteiger partial charge in [-0.1, -0.05) is 12.1 Å². The number of amides is 2. The Bertz CT molecular complexity index is 799. The molecule has 4 fully saturated rings. The van der Waals surface area contributed by atoms with Crippen molar-refractivity contribution in [2.24, 2.45) is 0 Å². The summed E-state index contributed by atoms with van der Waals surface area (Å²) >= 11 is 0. The number of urea groups is 1. The summed E-state index contributed by atoms with van der Waals surface area (Å²) in [7, 11) is 0. The Morgan fingerprint density at radius 1 is 0.900 bits per heavy atom. The summed E-state index contributed by atoms with van der Waals surface area (Å²) in [5.41, 5.74) is -1.61. The number of piperidine rings is 2. The van der Waals surface area contributed by atoms with Crippen LogP contribution in [0.3, 0.4) is 0 Å². The molecule has 4 aliphatic heterocycles. The van der Waals surface area contributed by atoms with Gasteiger partial charge < -0.3 is 14.9 Å². The van der Waals surface area contributed by atoms with Crippen molar-refractivity contribution in [1.82, 2.24) is 9.80 Å². The predicted molar refractivity (Wildman–Crippen MR) is 101 cm³/mol. The molecule has 0 aromatic heterocycles. The fourth-order valence-corrected chi connectivity index (χ4v) is 6.40. The number of hydrogen-bond acceptors (Lipinski definition) is 2. The van der Waals surface area contributed by atoms with Crippen molar-refractivity contribution in [3.05, 3.63) is 35.6 Å². The van der Waals surface area contributed by atoms with Crippen LogP contribution < -0.4 is 0 Å². The summed E-state index contributed by atoms with van der Waals surface area (Å²) in [5, 5.41) is 10.2. The Kier molecular flexibility index (Phi) is 4.58. The third kappa shape index (κ3) is 3.10. The van der Waals surface area contributed by atoms with Gasteiger partial charge in [-0.15, -0.1) is 0 Å². The van der Waals surface area contributed by atoms with Crippen molar-refractivity contribution in [2.45, 2.75) is 93.2 Å². The van der Waals surface area contributed by atoms with Crippen molar-refractivity contribution in [2.75, 3.05) is 0 Å². The van der Waals surface area contributed by atoms with E-state index in [1.54, 1.807) is 17.0 Å². The van der Waals surface area contributed by atoms with Crippen LogP contribution in [0.1, 0.15) is 62.8 Å². The van der Waals surface area contributed by atoms with E-state index >= 15 is 0 Å². The van der Waals surface area contributed by atoms with Crippen LogP contribution in [0.25, 0.3) is 0 Å². The summed E-state index contributed by atoms with van der Waals surface area (Å²) < 4.78 is 53.3. The molecule has 5 rings (SSSR count). The average molecular weight is 426 g/mol. The molecule has 8 heteroatoms. The Balaban J connectivity index is 1.32. The Morgan fingerprint density at radius 3 is 1.87 bits per heavy atom. The molecule has 30 heavy (non-hydrogen) atoms. The number of halogens is 4. The summed E-state index contributed by atoms with van der Waals surface area (Å²) in [6.07, 6.45) is -1.14. The van der Waals surface area contributed by atoms with Gasteiger partial charge >= 0.3 is 12.2 Å². The zero-order chi connectivity index (χ0) is 21.3. The standard InChI is InChI=1S/C22H26F4N2O2/c23-15-3-1-13(2-4-15)14-9-16-5-6-17(10-14)27(16)20(29)28-18-7-8-19(28)12-21(30,11-18)22(24,25)26/h1-4,14,16-19,30H,5-12H2/t16-,17-,18-,19-/m1/s1. The molecule has 1 N–H and O–H groups in total. The predicted octanol–water partition coefficient (Wildman–Crippen LogP) is 4.58. The number of alkyl halides is 3. The molecule has 4 bridgehead atoms. The average Bonchev–Trinajstić information content (AvgIpc) is 3.11. The van der Waals surface area contributed by atoms with E-state index in [0.717, 1.165) is 31.2 Å². The lowest BCUT2D eigenvalue weighted by molar-refractivity contribution is -0.277. The monoisotopic (exact) mass is 426 g/mol. The molecule has 0 aliphatic carbocycles. The van der Waals surface area contributed by atoms with E-state index in [1.165, 1.54) is 12.1 Å². The SMILES string of the molecule is O=C(N1[C@@H]2CC[C@@H]1CC(c1ccc(F)cc1)C2)N1[C@@H]2CC[C@@H]1CC(O)(C(F)(F)F)C2. The second kappa shape index (κ2) is 6.84. The Labute approximate surface area is 172 Å². The summed E-state index contributed by atoms with van der Waals surface area (Å²) in [6.45, 7) is 0. The molecule has 0 radical (unpaired) electrons. The van der Waals surface area contributed by atoms with Gasteiger partial charge in [-0.25, -0.2) is 9.18 Å². The van der Waals surface area contributed by atoms with Crippen molar-refractivity contribution in [3.63, 3.8) is 0 Å². The quantitative estimate of drug-likeness (QED) is 0.669. The van der Waals surface area contributed by atoms with Gasteiger partial charge in [0.25, 0.3) is 0 Å². The van der Waals surface area contributed by atoms with Gasteiger partial charge in [-0.05, 0) is 62.1 Å². The molecule has 4 nitrogen and oxygen atoms in total. The lowest BCUT2D eigenvalue weighted by Gasteiger charge is -2.48. The van der Waals surface area contributed by atoms with E-state index < -0.39 is 36.7 Å². The molecule has 2 amide bonds. The van der Waals surface area contributed by atoms with Crippen LogP contribution in [-0.2, 0) is 0 Å². The first-order valence-electron chi connectivity index (χ1n) is 10.8. The number of rotatable bonds is 1. The third-order valence-corrected chi connectivity index (χ3v) is 7.81. The summed E-state index contributed by atoms with van der Waals surface area (Å²) in [6, 6.07) is 5.39. The zero-order valence-corrected chi connectivity index (χ0v) is 16.6. The number of fused-ring (bicyclic) bond motifs is 4. The minimum atomic E-state index is -4.67. The molecule has 4 heterocycles. The van der Waals surface area contributed by atoms with Crippen LogP contribution in [-0.4, -0.2) is 56.9 Å². The van der Waals surface area contributed by atoms with Crippen LogP contribution in [0.2, 0.25) is 0 Å². The van der Waals surface area contributed by atoms with Crippen LogP contribution >= 0.6 is 0 Å². The molecular formula is C22H26F4N2O2. The topological polar surface area (TPSA) is 43.8 Å². The maximum absolute atomic E-state index is 13.5. The Hall–Kier alpha value is -1.83. The number of hydrogen-bond donors (Lipinski definition) is 1. The smallest absolute Gasteiger partial charge is 0.380 e. The van der Waals surface area contributed by atoms with Crippen LogP contribution in [0.15, 0.2) is 24.3 Å². The van der Waals surface area contributed by atoms with Crippen molar-refractivity contribution < 1.29 is 27.5 Å². The van der Waals surface area contributed by atoms with Gasteiger partial charge in [-0.2, -0.15) is 13.2 Å².